The van der Waals surface area contributed by atoms with Gasteiger partial charge in [0.05, 0.1) is 0 Å². The first-order chi connectivity index (χ1) is 7.47. The maximum atomic E-state index is 5.93. The normalized spacial score (nSPS) is 13.5. The number of rotatable bonds is 4. The predicted octanol–water partition coefficient (Wildman–Crippen LogP) is 3.44. The topological polar surface area (TPSA) is 29.3 Å². The summed E-state index contributed by atoms with van der Waals surface area (Å²) in [6.45, 7) is 4.91. The summed E-state index contributed by atoms with van der Waals surface area (Å²) in [4.78, 5) is 2.26. The Labute approximate surface area is 111 Å². The lowest BCUT2D eigenvalue weighted by Crippen LogP contribution is -2.35. The summed E-state index contributed by atoms with van der Waals surface area (Å²) in [5.41, 5.74) is 7.04. The minimum absolute atomic E-state index is 0.214. The minimum atomic E-state index is 0.214. The first kappa shape index (κ1) is 14.0. The van der Waals surface area contributed by atoms with Crippen molar-refractivity contribution in [1.29, 1.82) is 0 Å². The van der Waals surface area contributed by atoms with Crippen LogP contribution in [0.15, 0.2) is 22.7 Å². The number of hydrogen-bond acceptors (Lipinski definition) is 2. The molecule has 0 aliphatic rings. The highest BCUT2D eigenvalue weighted by Gasteiger charge is 2.19. The summed E-state index contributed by atoms with van der Waals surface area (Å²) >= 11 is 9.47. The van der Waals surface area contributed by atoms with Crippen molar-refractivity contribution in [2.45, 2.75) is 25.9 Å². The van der Waals surface area contributed by atoms with Crippen LogP contribution in [-0.4, -0.2) is 24.5 Å². The van der Waals surface area contributed by atoms with Crippen molar-refractivity contribution in [2.24, 2.45) is 5.73 Å². The fraction of sp³-hybridized carbons (Fsp3) is 0.500. The zero-order chi connectivity index (χ0) is 12.3. The largest absolute Gasteiger partial charge is 0.329 e. The fourth-order valence-electron chi connectivity index (χ4n) is 1.64. The average molecular weight is 306 g/mol. The summed E-state index contributed by atoms with van der Waals surface area (Å²) in [6.07, 6.45) is 0. The standard InChI is InChI=1S/C12H18BrClN2/c1-8(2)16(3)12(7-15)10-5-4-9(14)6-11(10)13/h4-6,8,12H,7,15H2,1-3H3. The smallest absolute Gasteiger partial charge is 0.0481 e. The summed E-state index contributed by atoms with van der Waals surface area (Å²) in [6, 6.07) is 6.51. The molecule has 1 rings (SSSR count). The van der Waals surface area contributed by atoms with Crippen LogP contribution < -0.4 is 5.73 Å². The van der Waals surface area contributed by atoms with Gasteiger partial charge in [0, 0.05) is 28.1 Å². The first-order valence-electron chi connectivity index (χ1n) is 5.34. The fourth-order valence-corrected chi connectivity index (χ4v) is 2.59. The summed E-state index contributed by atoms with van der Waals surface area (Å²) in [5, 5.41) is 0.735. The molecular weight excluding hydrogens is 288 g/mol. The third kappa shape index (κ3) is 3.20. The Morgan fingerprint density at radius 2 is 2.06 bits per heavy atom. The van der Waals surface area contributed by atoms with Gasteiger partial charge in [-0.2, -0.15) is 0 Å². The zero-order valence-corrected chi connectivity index (χ0v) is 12.2. The third-order valence-corrected chi connectivity index (χ3v) is 3.77. The monoisotopic (exact) mass is 304 g/mol. The van der Waals surface area contributed by atoms with E-state index in [9.17, 15) is 0 Å². The van der Waals surface area contributed by atoms with Crippen LogP contribution in [0.5, 0.6) is 0 Å². The van der Waals surface area contributed by atoms with Crippen molar-refractivity contribution in [3.63, 3.8) is 0 Å². The van der Waals surface area contributed by atoms with Crippen molar-refractivity contribution < 1.29 is 0 Å². The highest BCUT2D eigenvalue weighted by molar-refractivity contribution is 9.10. The molecule has 2 nitrogen and oxygen atoms in total. The molecule has 0 bridgehead atoms. The van der Waals surface area contributed by atoms with Gasteiger partial charge >= 0.3 is 0 Å². The number of likely N-dealkylation sites (N-methyl/N-ethyl adjacent to an activating group) is 1. The van der Waals surface area contributed by atoms with E-state index in [1.807, 2.05) is 18.2 Å². The second-order valence-corrected chi connectivity index (χ2v) is 5.47. The number of nitrogens with two attached hydrogens (primary N) is 1. The Kier molecular flexibility index (Phi) is 5.25. The van der Waals surface area contributed by atoms with Crippen molar-refractivity contribution in [3.8, 4) is 0 Å². The first-order valence-corrected chi connectivity index (χ1v) is 6.51. The maximum absolute atomic E-state index is 5.93. The van der Waals surface area contributed by atoms with Crippen LogP contribution in [0.1, 0.15) is 25.5 Å². The molecular formula is C12H18BrClN2. The van der Waals surface area contributed by atoms with Gasteiger partial charge in [0.1, 0.15) is 0 Å². The Morgan fingerprint density at radius 3 is 2.50 bits per heavy atom. The number of hydrogen-bond donors (Lipinski definition) is 1. The lowest BCUT2D eigenvalue weighted by atomic mass is 10.0. The van der Waals surface area contributed by atoms with E-state index in [1.54, 1.807) is 0 Å². The van der Waals surface area contributed by atoms with Crippen LogP contribution in [0.25, 0.3) is 0 Å². The van der Waals surface area contributed by atoms with Crippen molar-refractivity contribution in [3.05, 3.63) is 33.3 Å². The van der Waals surface area contributed by atoms with Gasteiger partial charge in [-0.25, -0.2) is 0 Å². The molecule has 4 heteroatoms. The molecule has 0 saturated heterocycles. The van der Waals surface area contributed by atoms with Crippen molar-refractivity contribution >= 4 is 27.5 Å². The Hall–Kier alpha value is -0.0900. The molecule has 0 aliphatic heterocycles. The molecule has 0 radical (unpaired) electrons. The van der Waals surface area contributed by atoms with Crippen LogP contribution in [0.4, 0.5) is 0 Å². The van der Waals surface area contributed by atoms with E-state index in [0.29, 0.717) is 12.6 Å². The van der Waals surface area contributed by atoms with Crippen LogP contribution in [0, 0.1) is 0 Å². The molecule has 0 heterocycles. The highest BCUT2D eigenvalue weighted by Crippen LogP contribution is 2.29. The van der Waals surface area contributed by atoms with Gasteiger partial charge in [0.2, 0.25) is 0 Å². The SMILES string of the molecule is CC(C)N(C)C(CN)c1ccc(Cl)cc1Br. The Morgan fingerprint density at radius 1 is 1.44 bits per heavy atom. The predicted molar refractivity (Wildman–Crippen MR) is 73.8 cm³/mol. The molecule has 2 N–H and O–H groups in total. The van der Waals surface area contributed by atoms with E-state index < -0.39 is 0 Å². The quantitative estimate of drug-likeness (QED) is 0.923. The molecule has 90 valence electrons. The van der Waals surface area contributed by atoms with Gasteiger partial charge < -0.3 is 5.73 Å². The molecule has 0 spiro atoms. The van der Waals surface area contributed by atoms with E-state index in [2.05, 4.69) is 41.7 Å². The summed E-state index contributed by atoms with van der Waals surface area (Å²) < 4.78 is 1.02. The maximum Gasteiger partial charge on any atom is 0.0481 e. The molecule has 1 atom stereocenters. The number of benzene rings is 1. The second-order valence-electron chi connectivity index (χ2n) is 4.18. The number of nitrogens with zero attached hydrogens (tertiary/aromatic N) is 1. The molecule has 0 saturated carbocycles. The second kappa shape index (κ2) is 6.01. The molecule has 0 aromatic heterocycles. The molecule has 16 heavy (non-hydrogen) atoms. The van der Waals surface area contributed by atoms with Gasteiger partial charge in [0.25, 0.3) is 0 Å². The van der Waals surface area contributed by atoms with Crippen LogP contribution in [0.3, 0.4) is 0 Å². The van der Waals surface area contributed by atoms with E-state index >= 15 is 0 Å². The summed E-state index contributed by atoms with van der Waals surface area (Å²) in [7, 11) is 2.09. The van der Waals surface area contributed by atoms with E-state index in [-0.39, 0.29) is 6.04 Å². The van der Waals surface area contributed by atoms with Crippen LogP contribution in [-0.2, 0) is 0 Å². The third-order valence-electron chi connectivity index (χ3n) is 2.85. The number of halogens is 2. The van der Waals surface area contributed by atoms with E-state index in [1.165, 1.54) is 5.56 Å². The molecule has 0 fully saturated rings. The lowest BCUT2D eigenvalue weighted by Gasteiger charge is -2.31. The van der Waals surface area contributed by atoms with Crippen LogP contribution >= 0.6 is 27.5 Å². The van der Waals surface area contributed by atoms with Crippen molar-refractivity contribution in [1.82, 2.24) is 4.90 Å². The van der Waals surface area contributed by atoms with Gasteiger partial charge in [-0.3, -0.25) is 4.90 Å². The van der Waals surface area contributed by atoms with Gasteiger partial charge in [-0.1, -0.05) is 33.6 Å². The highest BCUT2D eigenvalue weighted by atomic mass is 79.9. The molecule has 0 amide bonds. The zero-order valence-electron chi connectivity index (χ0n) is 9.87. The van der Waals surface area contributed by atoms with E-state index in [4.69, 9.17) is 17.3 Å². The van der Waals surface area contributed by atoms with Crippen LogP contribution in [0.2, 0.25) is 5.02 Å². The molecule has 1 aromatic rings. The van der Waals surface area contributed by atoms with E-state index in [0.717, 1.165) is 9.50 Å². The lowest BCUT2D eigenvalue weighted by molar-refractivity contribution is 0.200. The average Bonchev–Trinajstić information content (AvgIpc) is 2.21. The minimum Gasteiger partial charge on any atom is -0.329 e. The molecule has 0 aliphatic carbocycles. The van der Waals surface area contributed by atoms with Gasteiger partial charge in [-0.15, -0.1) is 0 Å². The summed E-state index contributed by atoms with van der Waals surface area (Å²) in [5.74, 6) is 0. The Bertz CT molecular complexity index is 355. The van der Waals surface area contributed by atoms with Gasteiger partial charge in [-0.05, 0) is 38.6 Å². The van der Waals surface area contributed by atoms with Gasteiger partial charge in [0.15, 0.2) is 0 Å². The molecule has 1 unspecified atom stereocenters. The van der Waals surface area contributed by atoms with Crippen molar-refractivity contribution in [2.75, 3.05) is 13.6 Å². The molecule has 1 aromatic carbocycles. The Balaban J connectivity index is 3.04.